The first-order valence-electron chi connectivity index (χ1n) is 6.05. The van der Waals surface area contributed by atoms with E-state index in [9.17, 15) is 0 Å². The van der Waals surface area contributed by atoms with Crippen LogP contribution in [0.15, 0.2) is 30.3 Å². The number of nitrogen functional groups attached to an aromatic ring is 1. The van der Waals surface area contributed by atoms with E-state index >= 15 is 0 Å². The predicted molar refractivity (Wildman–Crippen MR) is 82.4 cm³/mol. The normalized spacial score (nSPS) is 10.6. The van der Waals surface area contributed by atoms with Crippen LogP contribution in [0.5, 0.6) is 0 Å². The minimum absolute atomic E-state index is 0.602. The van der Waals surface area contributed by atoms with Gasteiger partial charge in [-0.3, -0.25) is 0 Å². The third-order valence-corrected chi connectivity index (χ3v) is 3.98. The zero-order valence-electron chi connectivity index (χ0n) is 10.4. The zero-order valence-corrected chi connectivity index (χ0v) is 12.5. The molecule has 0 saturated carbocycles. The van der Waals surface area contributed by atoms with Crippen LogP contribution in [0.1, 0.15) is 24.0 Å². The van der Waals surface area contributed by atoms with Gasteiger partial charge in [-0.1, -0.05) is 37.3 Å². The number of benzene rings is 1. The molecule has 0 spiro atoms. The molecule has 2 rings (SSSR count). The Balaban J connectivity index is 2.13. The molecule has 0 aliphatic carbocycles. The van der Waals surface area contributed by atoms with Crippen LogP contribution in [-0.2, 0) is 19.3 Å². The molecule has 0 aliphatic rings. The predicted octanol–water partition coefficient (Wildman–Crippen LogP) is 3.01. The maximum atomic E-state index is 5.91. The summed E-state index contributed by atoms with van der Waals surface area (Å²) in [5, 5.41) is 0. The minimum atomic E-state index is 0.602. The number of nitrogens with zero attached hydrogens (tertiary/aromatic N) is 2. The van der Waals surface area contributed by atoms with Crippen molar-refractivity contribution < 1.29 is 0 Å². The molecule has 1 aromatic carbocycles. The number of aryl methyl sites for hydroxylation is 3. The Labute approximate surface area is 121 Å². The van der Waals surface area contributed by atoms with Gasteiger partial charge < -0.3 is 5.73 Å². The van der Waals surface area contributed by atoms with Crippen LogP contribution in [0, 0.1) is 3.57 Å². The topological polar surface area (TPSA) is 51.8 Å². The number of aromatic nitrogens is 2. The summed E-state index contributed by atoms with van der Waals surface area (Å²) in [7, 11) is 0. The third kappa shape index (κ3) is 3.19. The van der Waals surface area contributed by atoms with Crippen molar-refractivity contribution in [3.05, 3.63) is 51.0 Å². The number of anilines is 1. The SMILES string of the molecule is CCc1nc(CCc2ccccc2)nc(N)c1I. The molecule has 0 atom stereocenters. The fraction of sp³-hybridized carbons (Fsp3) is 0.286. The fourth-order valence-corrected chi connectivity index (χ4v) is 2.44. The highest BCUT2D eigenvalue weighted by Gasteiger charge is 2.08. The first-order chi connectivity index (χ1) is 8.70. The Bertz CT molecular complexity index is 526. The molecule has 3 nitrogen and oxygen atoms in total. The fourth-order valence-electron chi connectivity index (χ4n) is 1.81. The van der Waals surface area contributed by atoms with Crippen molar-refractivity contribution >= 4 is 28.4 Å². The Kier molecular flexibility index (Phi) is 4.52. The second kappa shape index (κ2) is 6.13. The van der Waals surface area contributed by atoms with Gasteiger partial charge in [-0.05, 0) is 41.0 Å². The van der Waals surface area contributed by atoms with Crippen LogP contribution < -0.4 is 5.73 Å². The van der Waals surface area contributed by atoms with Crippen LogP contribution in [-0.4, -0.2) is 9.97 Å². The van der Waals surface area contributed by atoms with E-state index in [1.54, 1.807) is 0 Å². The molecule has 0 unspecified atom stereocenters. The van der Waals surface area contributed by atoms with E-state index in [1.165, 1.54) is 5.56 Å². The second-order valence-electron chi connectivity index (χ2n) is 4.12. The van der Waals surface area contributed by atoms with Crippen LogP contribution >= 0.6 is 22.6 Å². The quantitative estimate of drug-likeness (QED) is 0.860. The van der Waals surface area contributed by atoms with E-state index in [4.69, 9.17) is 5.73 Å². The molecule has 0 bridgehead atoms. The summed E-state index contributed by atoms with van der Waals surface area (Å²) in [4.78, 5) is 8.92. The van der Waals surface area contributed by atoms with Crippen LogP contribution in [0.3, 0.4) is 0 Å². The number of rotatable bonds is 4. The van der Waals surface area contributed by atoms with Gasteiger partial charge in [0.05, 0.1) is 9.26 Å². The smallest absolute Gasteiger partial charge is 0.140 e. The standard InChI is InChI=1S/C14H16IN3/c1-2-11-13(15)14(16)18-12(17-11)9-8-10-6-4-3-5-7-10/h3-7H,2,8-9H2,1H3,(H2,16,17,18). The van der Waals surface area contributed by atoms with Crippen molar-refractivity contribution in [3.63, 3.8) is 0 Å². The van der Waals surface area contributed by atoms with Gasteiger partial charge in [0.1, 0.15) is 11.6 Å². The van der Waals surface area contributed by atoms with Gasteiger partial charge in [0.15, 0.2) is 0 Å². The monoisotopic (exact) mass is 353 g/mol. The second-order valence-corrected chi connectivity index (χ2v) is 5.20. The molecule has 0 aliphatic heterocycles. The Morgan fingerprint density at radius 2 is 1.83 bits per heavy atom. The highest BCUT2D eigenvalue weighted by molar-refractivity contribution is 14.1. The molecule has 0 amide bonds. The summed E-state index contributed by atoms with van der Waals surface area (Å²) in [5.74, 6) is 1.44. The van der Waals surface area contributed by atoms with Gasteiger partial charge in [0.25, 0.3) is 0 Å². The van der Waals surface area contributed by atoms with Crippen LogP contribution in [0.2, 0.25) is 0 Å². The minimum Gasteiger partial charge on any atom is -0.383 e. The molecule has 4 heteroatoms. The molecule has 94 valence electrons. The van der Waals surface area contributed by atoms with Gasteiger partial charge in [-0.2, -0.15) is 0 Å². The first kappa shape index (κ1) is 13.3. The highest BCUT2D eigenvalue weighted by Crippen LogP contribution is 2.17. The molecule has 0 radical (unpaired) electrons. The van der Waals surface area contributed by atoms with Crippen molar-refractivity contribution in [2.24, 2.45) is 0 Å². The number of halogens is 1. The van der Waals surface area contributed by atoms with Crippen LogP contribution in [0.4, 0.5) is 5.82 Å². The number of hydrogen-bond acceptors (Lipinski definition) is 3. The maximum absolute atomic E-state index is 5.91. The van der Waals surface area contributed by atoms with Crippen molar-refractivity contribution in [1.29, 1.82) is 0 Å². The molecule has 2 N–H and O–H groups in total. The molecule has 2 aromatic rings. The van der Waals surface area contributed by atoms with Gasteiger partial charge >= 0.3 is 0 Å². The summed E-state index contributed by atoms with van der Waals surface area (Å²) in [6.07, 6.45) is 2.67. The lowest BCUT2D eigenvalue weighted by molar-refractivity contribution is 0.831. The zero-order chi connectivity index (χ0) is 13.0. The van der Waals surface area contributed by atoms with E-state index in [0.29, 0.717) is 5.82 Å². The summed E-state index contributed by atoms with van der Waals surface area (Å²) >= 11 is 2.21. The molecule has 0 fully saturated rings. The molecule has 1 aromatic heterocycles. The first-order valence-corrected chi connectivity index (χ1v) is 7.13. The summed E-state index contributed by atoms with van der Waals surface area (Å²) in [6, 6.07) is 10.4. The van der Waals surface area contributed by atoms with Gasteiger partial charge in [-0.15, -0.1) is 0 Å². The highest BCUT2D eigenvalue weighted by atomic mass is 127. The Hall–Kier alpha value is -1.17. The van der Waals surface area contributed by atoms with E-state index in [0.717, 1.165) is 34.4 Å². The van der Waals surface area contributed by atoms with Crippen LogP contribution in [0.25, 0.3) is 0 Å². The summed E-state index contributed by atoms with van der Waals surface area (Å²) < 4.78 is 0.985. The van der Waals surface area contributed by atoms with Crippen molar-refractivity contribution in [2.45, 2.75) is 26.2 Å². The molecular weight excluding hydrogens is 337 g/mol. The third-order valence-electron chi connectivity index (χ3n) is 2.81. The average molecular weight is 353 g/mol. The van der Waals surface area contributed by atoms with E-state index in [1.807, 2.05) is 6.07 Å². The Morgan fingerprint density at radius 3 is 2.50 bits per heavy atom. The largest absolute Gasteiger partial charge is 0.383 e. The summed E-state index contributed by atoms with van der Waals surface area (Å²) in [5.41, 5.74) is 8.26. The van der Waals surface area contributed by atoms with E-state index in [-0.39, 0.29) is 0 Å². The molecular formula is C14H16IN3. The average Bonchev–Trinajstić information content (AvgIpc) is 2.41. The van der Waals surface area contributed by atoms with E-state index < -0.39 is 0 Å². The lowest BCUT2D eigenvalue weighted by atomic mass is 10.1. The van der Waals surface area contributed by atoms with Gasteiger partial charge in [0, 0.05) is 6.42 Å². The van der Waals surface area contributed by atoms with Gasteiger partial charge in [-0.25, -0.2) is 9.97 Å². The molecule has 18 heavy (non-hydrogen) atoms. The summed E-state index contributed by atoms with van der Waals surface area (Å²) in [6.45, 7) is 2.09. The van der Waals surface area contributed by atoms with Gasteiger partial charge in [0.2, 0.25) is 0 Å². The molecule has 0 saturated heterocycles. The maximum Gasteiger partial charge on any atom is 0.140 e. The number of hydrogen-bond donors (Lipinski definition) is 1. The van der Waals surface area contributed by atoms with Crippen molar-refractivity contribution in [1.82, 2.24) is 9.97 Å². The van der Waals surface area contributed by atoms with E-state index in [2.05, 4.69) is 63.7 Å². The molecule has 1 heterocycles. The lowest BCUT2D eigenvalue weighted by Gasteiger charge is -2.07. The van der Waals surface area contributed by atoms with Crippen molar-refractivity contribution in [3.8, 4) is 0 Å². The number of nitrogens with two attached hydrogens (primary N) is 1. The van der Waals surface area contributed by atoms with Crippen molar-refractivity contribution in [2.75, 3.05) is 5.73 Å². The lowest BCUT2D eigenvalue weighted by Crippen LogP contribution is -2.07. The Morgan fingerprint density at radius 1 is 1.11 bits per heavy atom.